The zero-order valence-corrected chi connectivity index (χ0v) is 14.3. The fourth-order valence-corrected chi connectivity index (χ4v) is 4.98. The van der Waals surface area contributed by atoms with E-state index < -0.39 is 0 Å². The summed E-state index contributed by atoms with van der Waals surface area (Å²) in [4.78, 5) is 0. The molecule has 5 rings (SSSR count). The molecule has 1 nitrogen and oxygen atoms in total. The fraction of sp³-hybridized carbons (Fsp3) is 0.391. The van der Waals surface area contributed by atoms with Crippen LogP contribution in [0.3, 0.4) is 0 Å². The monoisotopic (exact) mass is 315 g/mol. The van der Waals surface area contributed by atoms with Gasteiger partial charge in [-0.1, -0.05) is 48.1 Å². The van der Waals surface area contributed by atoms with E-state index in [1.54, 1.807) is 16.7 Å². The average molecular weight is 315 g/mol. The van der Waals surface area contributed by atoms with E-state index in [1.165, 1.54) is 60.4 Å². The molecule has 1 aliphatic heterocycles. The molecule has 1 heteroatoms. The number of benzene rings is 2. The first-order valence-corrected chi connectivity index (χ1v) is 9.56. The van der Waals surface area contributed by atoms with E-state index in [-0.39, 0.29) is 0 Å². The van der Waals surface area contributed by atoms with E-state index in [2.05, 4.69) is 47.8 Å². The van der Waals surface area contributed by atoms with Gasteiger partial charge >= 0.3 is 0 Å². The fourth-order valence-electron chi connectivity index (χ4n) is 4.98. The Labute approximate surface area is 144 Å². The Balaban J connectivity index is 1.67. The van der Waals surface area contributed by atoms with Crippen LogP contribution in [0.15, 0.2) is 48.1 Å². The van der Waals surface area contributed by atoms with Crippen LogP contribution in [0.4, 0.5) is 0 Å². The Bertz CT molecular complexity index is 850. The molecule has 0 spiro atoms. The van der Waals surface area contributed by atoms with Gasteiger partial charge in [-0.15, -0.1) is 0 Å². The van der Waals surface area contributed by atoms with Gasteiger partial charge in [0, 0.05) is 0 Å². The van der Waals surface area contributed by atoms with Crippen molar-refractivity contribution in [2.45, 2.75) is 44.4 Å². The predicted molar refractivity (Wildman–Crippen MR) is 102 cm³/mol. The highest BCUT2D eigenvalue weighted by Gasteiger charge is 2.23. The summed E-state index contributed by atoms with van der Waals surface area (Å²) in [6, 6.07) is 11.8. The molecule has 122 valence electrons. The Morgan fingerprint density at radius 1 is 0.875 bits per heavy atom. The van der Waals surface area contributed by atoms with E-state index in [0.29, 0.717) is 0 Å². The summed E-state index contributed by atoms with van der Waals surface area (Å²) in [7, 11) is 0. The van der Waals surface area contributed by atoms with Crippen LogP contribution in [0, 0.1) is 0 Å². The van der Waals surface area contributed by atoms with Crippen LogP contribution in [0.25, 0.3) is 16.3 Å². The number of allylic oxidation sites excluding steroid dienone is 4. The molecule has 2 aromatic carbocycles. The number of rotatable bonds is 1. The molecular weight excluding hydrogens is 290 g/mol. The Hall–Kier alpha value is -1.86. The van der Waals surface area contributed by atoms with E-state index in [0.717, 1.165) is 19.0 Å². The average Bonchev–Trinajstić information content (AvgIpc) is 2.67. The van der Waals surface area contributed by atoms with Gasteiger partial charge in [-0.05, 0) is 90.6 Å². The van der Waals surface area contributed by atoms with Gasteiger partial charge in [0.05, 0.1) is 0 Å². The molecule has 2 aliphatic carbocycles. The molecule has 1 heterocycles. The van der Waals surface area contributed by atoms with Gasteiger partial charge in [0.25, 0.3) is 0 Å². The highest BCUT2D eigenvalue weighted by atomic mass is 14.9. The number of aryl methyl sites for hydroxylation is 1. The van der Waals surface area contributed by atoms with Gasteiger partial charge in [-0.25, -0.2) is 0 Å². The molecule has 3 aliphatic rings. The normalized spacial score (nSPS) is 21.0. The smallest absolute Gasteiger partial charge is 0.00431 e. The van der Waals surface area contributed by atoms with Crippen molar-refractivity contribution in [3.63, 3.8) is 0 Å². The summed E-state index contributed by atoms with van der Waals surface area (Å²) in [5, 5.41) is 6.51. The summed E-state index contributed by atoms with van der Waals surface area (Å²) in [5.41, 5.74) is 7.88. The number of hydrogen-bond donors (Lipinski definition) is 1. The van der Waals surface area contributed by atoms with Crippen molar-refractivity contribution in [3.8, 4) is 0 Å². The molecule has 0 radical (unpaired) electrons. The van der Waals surface area contributed by atoms with Crippen LogP contribution in [0.2, 0.25) is 0 Å². The maximum Gasteiger partial charge on any atom is -0.00431 e. The molecule has 0 saturated carbocycles. The highest BCUT2D eigenvalue weighted by molar-refractivity contribution is 5.95. The van der Waals surface area contributed by atoms with Crippen LogP contribution >= 0.6 is 0 Å². The van der Waals surface area contributed by atoms with Gasteiger partial charge in [-0.2, -0.15) is 0 Å². The molecule has 0 aromatic heterocycles. The zero-order valence-electron chi connectivity index (χ0n) is 14.3. The second kappa shape index (κ2) is 5.89. The molecule has 0 bridgehead atoms. The van der Waals surface area contributed by atoms with Crippen LogP contribution in [0.5, 0.6) is 0 Å². The summed E-state index contributed by atoms with van der Waals surface area (Å²) < 4.78 is 0. The van der Waals surface area contributed by atoms with Crippen molar-refractivity contribution in [2.75, 3.05) is 13.1 Å². The minimum absolute atomic E-state index is 0.723. The Kier molecular flexibility index (Phi) is 3.56. The first-order chi connectivity index (χ1) is 11.9. The van der Waals surface area contributed by atoms with Crippen LogP contribution in [-0.4, -0.2) is 13.1 Å². The molecule has 24 heavy (non-hydrogen) atoms. The summed E-state index contributed by atoms with van der Waals surface area (Å²) in [6.07, 6.45) is 12.2. The van der Waals surface area contributed by atoms with Crippen molar-refractivity contribution in [1.29, 1.82) is 0 Å². The van der Waals surface area contributed by atoms with Gasteiger partial charge in [0.2, 0.25) is 0 Å². The Morgan fingerprint density at radius 3 is 2.71 bits per heavy atom. The van der Waals surface area contributed by atoms with E-state index in [4.69, 9.17) is 0 Å². The molecule has 1 N–H and O–H groups in total. The van der Waals surface area contributed by atoms with Crippen LogP contribution < -0.4 is 5.32 Å². The SMILES string of the molecule is C1=CC2=C(CC1)CCc1c2ccc2c(C3CCNCC3)cccc12. The second-order valence-electron chi connectivity index (χ2n) is 7.52. The van der Waals surface area contributed by atoms with Crippen molar-refractivity contribution in [2.24, 2.45) is 0 Å². The minimum Gasteiger partial charge on any atom is -0.317 e. The van der Waals surface area contributed by atoms with Crippen molar-refractivity contribution in [3.05, 3.63) is 64.7 Å². The van der Waals surface area contributed by atoms with Crippen molar-refractivity contribution in [1.82, 2.24) is 5.32 Å². The van der Waals surface area contributed by atoms with Gasteiger partial charge < -0.3 is 5.32 Å². The van der Waals surface area contributed by atoms with Crippen molar-refractivity contribution < 1.29 is 0 Å². The highest BCUT2D eigenvalue weighted by Crippen LogP contribution is 2.41. The molecular formula is C23H25N. The molecule has 1 saturated heterocycles. The van der Waals surface area contributed by atoms with Crippen molar-refractivity contribution >= 4 is 16.3 Å². The maximum atomic E-state index is 3.50. The first-order valence-electron chi connectivity index (χ1n) is 9.56. The third kappa shape index (κ3) is 2.26. The Morgan fingerprint density at radius 2 is 1.79 bits per heavy atom. The summed E-state index contributed by atoms with van der Waals surface area (Å²) >= 11 is 0. The topological polar surface area (TPSA) is 12.0 Å². The summed E-state index contributed by atoms with van der Waals surface area (Å²) in [5.74, 6) is 0.723. The lowest BCUT2D eigenvalue weighted by atomic mass is 9.78. The molecule has 0 unspecified atom stereocenters. The van der Waals surface area contributed by atoms with Crippen LogP contribution in [0.1, 0.15) is 54.7 Å². The predicted octanol–water partition coefficient (Wildman–Crippen LogP) is 5.36. The van der Waals surface area contributed by atoms with E-state index in [9.17, 15) is 0 Å². The van der Waals surface area contributed by atoms with Gasteiger partial charge in [0.1, 0.15) is 0 Å². The number of piperidine rings is 1. The van der Waals surface area contributed by atoms with Crippen LogP contribution in [-0.2, 0) is 6.42 Å². The lowest BCUT2D eigenvalue weighted by Crippen LogP contribution is -2.26. The summed E-state index contributed by atoms with van der Waals surface area (Å²) in [6.45, 7) is 2.32. The minimum atomic E-state index is 0.723. The maximum absolute atomic E-state index is 3.50. The molecule has 2 aromatic rings. The quantitative estimate of drug-likeness (QED) is 0.747. The number of nitrogens with one attached hydrogen (secondary N) is 1. The van der Waals surface area contributed by atoms with E-state index >= 15 is 0 Å². The second-order valence-corrected chi connectivity index (χ2v) is 7.52. The number of fused-ring (bicyclic) bond motifs is 4. The first kappa shape index (κ1) is 14.5. The zero-order chi connectivity index (χ0) is 15.9. The van der Waals surface area contributed by atoms with Gasteiger partial charge in [0.15, 0.2) is 0 Å². The lowest BCUT2D eigenvalue weighted by molar-refractivity contribution is 0.462. The third-order valence-corrected chi connectivity index (χ3v) is 6.23. The molecule has 1 fully saturated rings. The third-order valence-electron chi connectivity index (χ3n) is 6.23. The van der Waals surface area contributed by atoms with E-state index in [1.807, 2.05) is 0 Å². The largest absolute Gasteiger partial charge is 0.317 e. The molecule has 0 amide bonds. The standard InChI is InChI=1S/C23H25N/c1-2-5-18-16(4-1)8-9-23-20-7-3-6-19(17-12-14-24-15-13-17)21(20)10-11-22(18)23/h2-3,5-7,10-11,17,24H,1,4,8-9,12-15H2. The number of hydrogen-bond acceptors (Lipinski definition) is 1. The molecule has 0 atom stereocenters. The lowest BCUT2D eigenvalue weighted by Gasteiger charge is -2.28. The van der Waals surface area contributed by atoms with Gasteiger partial charge in [-0.3, -0.25) is 0 Å².